The Morgan fingerprint density at radius 1 is 1.05 bits per heavy atom. The minimum absolute atomic E-state index is 0.0209. The predicted octanol–water partition coefficient (Wildman–Crippen LogP) is 4.69. The predicted molar refractivity (Wildman–Crippen MR) is 147 cm³/mol. The molecule has 0 spiro atoms. The highest BCUT2D eigenvalue weighted by Gasteiger charge is 2.27. The number of amides is 1. The monoisotopic (exact) mass is 506 g/mol. The summed E-state index contributed by atoms with van der Waals surface area (Å²) in [5, 5.41) is 3.26. The molecular formula is C30H42N4O3. The van der Waals surface area contributed by atoms with Crippen LogP contribution in [0, 0.1) is 5.92 Å². The fourth-order valence-electron chi connectivity index (χ4n) is 5.76. The van der Waals surface area contributed by atoms with E-state index in [1.54, 1.807) is 0 Å². The van der Waals surface area contributed by atoms with Crippen molar-refractivity contribution in [3.63, 3.8) is 0 Å². The zero-order chi connectivity index (χ0) is 25.8. The van der Waals surface area contributed by atoms with Gasteiger partial charge in [0.25, 0.3) is 5.91 Å². The summed E-state index contributed by atoms with van der Waals surface area (Å²) in [5.41, 5.74) is 1.75. The molecule has 1 aromatic carbocycles. The molecule has 1 N–H and O–H groups in total. The average molecular weight is 507 g/mol. The second-order valence-corrected chi connectivity index (χ2v) is 11.8. The Morgan fingerprint density at radius 2 is 1.78 bits per heavy atom. The number of piperazine rings is 1. The first-order valence-electron chi connectivity index (χ1n) is 14.0. The van der Waals surface area contributed by atoms with Crippen molar-refractivity contribution in [1.29, 1.82) is 0 Å². The Kier molecular flexibility index (Phi) is 7.89. The second-order valence-electron chi connectivity index (χ2n) is 11.8. The van der Waals surface area contributed by atoms with Crippen LogP contribution in [0.1, 0.15) is 68.8 Å². The van der Waals surface area contributed by atoms with E-state index in [2.05, 4.69) is 26.2 Å². The van der Waals surface area contributed by atoms with Crippen LogP contribution in [0.5, 0.6) is 11.5 Å². The number of benzene rings is 1. The standard InChI is InChI=1S/C30H42N4O3/c1-30(2,3)37-26-10-6-24(7-11-26)29(35)32-25-8-4-22(5-9-25)13-16-33-17-19-34(20-18-33)28-27-23(12-15-31-28)14-21-36-27/h6-7,10-12,15,22,25H,4-5,8-9,13-14,16-21H2,1-3H3,(H,32,35). The quantitative estimate of drug-likeness (QED) is 0.588. The van der Waals surface area contributed by atoms with Crippen LogP contribution in [0.4, 0.5) is 5.82 Å². The molecule has 5 rings (SSSR count). The largest absolute Gasteiger partial charge is 0.489 e. The SMILES string of the molecule is CC(C)(C)Oc1ccc(C(=O)NC2CCC(CCN3CCN(c4nccc5c4OCC5)CC3)CC2)cc1. The summed E-state index contributed by atoms with van der Waals surface area (Å²) >= 11 is 0. The van der Waals surface area contributed by atoms with Gasteiger partial charge >= 0.3 is 0 Å². The number of carbonyl (C=O) groups is 1. The minimum atomic E-state index is -0.244. The molecule has 2 aromatic rings. The number of nitrogens with one attached hydrogen (secondary N) is 1. The van der Waals surface area contributed by atoms with Crippen molar-refractivity contribution in [2.75, 3.05) is 44.2 Å². The van der Waals surface area contributed by atoms with Crippen LogP contribution in [0.3, 0.4) is 0 Å². The smallest absolute Gasteiger partial charge is 0.251 e. The van der Waals surface area contributed by atoms with Crippen molar-refractivity contribution in [3.8, 4) is 11.5 Å². The number of hydrogen-bond acceptors (Lipinski definition) is 6. The molecule has 0 bridgehead atoms. The third-order valence-electron chi connectivity index (χ3n) is 7.83. The molecular weight excluding hydrogens is 464 g/mol. The fourth-order valence-corrected chi connectivity index (χ4v) is 5.76. The Labute approximate surface area is 221 Å². The van der Waals surface area contributed by atoms with Crippen molar-refractivity contribution in [3.05, 3.63) is 47.7 Å². The summed E-state index contributed by atoms with van der Waals surface area (Å²) in [7, 11) is 0. The van der Waals surface area contributed by atoms with Gasteiger partial charge in [-0.15, -0.1) is 0 Å². The molecule has 3 heterocycles. The molecule has 1 amide bonds. The first-order valence-corrected chi connectivity index (χ1v) is 14.0. The van der Waals surface area contributed by atoms with Gasteiger partial charge in [-0.2, -0.15) is 0 Å². The Morgan fingerprint density at radius 3 is 2.49 bits per heavy atom. The van der Waals surface area contributed by atoms with Crippen LogP contribution in [0.25, 0.3) is 0 Å². The highest BCUT2D eigenvalue weighted by atomic mass is 16.5. The van der Waals surface area contributed by atoms with E-state index in [0.717, 1.165) is 81.8 Å². The molecule has 1 aliphatic carbocycles. The molecule has 7 nitrogen and oxygen atoms in total. The highest BCUT2D eigenvalue weighted by molar-refractivity contribution is 5.94. The van der Waals surface area contributed by atoms with Gasteiger partial charge in [-0.1, -0.05) is 0 Å². The molecule has 2 fully saturated rings. The lowest BCUT2D eigenvalue weighted by Gasteiger charge is -2.37. The number of fused-ring (bicyclic) bond motifs is 1. The number of nitrogens with zero attached hydrogens (tertiary/aromatic N) is 3. The van der Waals surface area contributed by atoms with Crippen LogP contribution in [0.15, 0.2) is 36.5 Å². The Balaban J connectivity index is 1.00. The molecule has 1 saturated carbocycles. The molecule has 0 unspecified atom stereocenters. The van der Waals surface area contributed by atoms with E-state index in [4.69, 9.17) is 9.47 Å². The van der Waals surface area contributed by atoms with E-state index in [9.17, 15) is 4.79 Å². The van der Waals surface area contributed by atoms with Crippen LogP contribution in [-0.4, -0.2) is 66.8 Å². The van der Waals surface area contributed by atoms with Gasteiger partial charge in [0.15, 0.2) is 11.6 Å². The van der Waals surface area contributed by atoms with E-state index >= 15 is 0 Å². The molecule has 3 aliphatic rings. The first-order chi connectivity index (χ1) is 17.8. The van der Waals surface area contributed by atoms with Gasteiger partial charge in [0, 0.05) is 56.0 Å². The zero-order valence-electron chi connectivity index (χ0n) is 22.7. The Bertz CT molecular complexity index is 1050. The van der Waals surface area contributed by atoms with Gasteiger partial charge in [0.05, 0.1) is 6.61 Å². The van der Waals surface area contributed by atoms with Crippen LogP contribution in [-0.2, 0) is 6.42 Å². The maximum absolute atomic E-state index is 12.7. The second kappa shape index (κ2) is 11.3. The summed E-state index contributed by atoms with van der Waals surface area (Å²) in [6, 6.07) is 9.84. The van der Waals surface area contributed by atoms with Gasteiger partial charge < -0.3 is 19.7 Å². The number of pyridine rings is 1. The lowest BCUT2D eigenvalue weighted by atomic mass is 9.84. The molecule has 0 atom stereocenters. The number of ether oxygens (including phenoxy) is 2. The lowest BCUT2D eigenvalue weighted by molar-refractivity contribution is 0.0919. The molecule has 0 radical (unpaired) electrons. The van der Waals surface area contributed by atoms with Gasteiger partial charge in [0.2, 0.25) is 0 Å². The van der Waals surface area contributed by atoms with Gasteiger partial charge in [0.1, 0.15) is 11.4 Å². The molecule has 2 aliphatic heterocycles. The molecule has 37 heavy (non-hydrogen) atoms. The third kappa shape index (κ3) is 6.75. The first kappa shape index (κ1) is 25.8. The van der Waals surface area contributed by atoms with Crippen LogP contribution in [0.2, 0.25) is 0 Å². The van der Waals surface area contributed by atoms with Crippen molar-refractivity contribution >= 4 is 11.7 Å². The maximum Gasteiger partial charge on any atom is 0.251 e. The van der Waals surface area contributed by atoms with Gasteiger partial charge in [-0.3, -0.25) is 9.69 Å². The van der Waals surface area contributed by atoms with E-state index in [1.807, 2.05) is 51.2 Å². The molecule has 7 heteroatoms. The zero-order valence-corrected chi connectivity index (χ0v) is 22.7. The number of hydrogen-bond donors (Lipinski definition) is 1. The van der Waals surface area contributed by atoms with Crippen molar-refractivity contribution in [2.45, 2.75) is 70.9 Å². The van der Waals surface area contributed by atoms with Crippen molar-refractivity contribution in [2.24, 2.45) is 5.92 Å². The summed E-state index contributed by atoms with van der Waals surface area (Å²) in [6.45, 7) is 12.2. The Hall–Kier alpha value is -2.80. The summed E-state index contributed by atoms with van der Waals surface area (Å²) in [4.78, 5) is 22.4. The number of anilines is 1. The van der Waals surface area contributed by atoms with E-state index in [1.165, 1.54) is 24.8 Å². The average Bonchev–Trinajstić information content (AvgIpc) is 3.37. The third-order valence-corrected chi connectivity index (χ3v) is 7.83. The summed E-state index contributed by atoms with van der Waals surface area (Å²) in [6.07, 6.45) is 8.70. The highest BCUT2D eigenvalue weighted by Crippen LogP contribution is 2.34. The van der Waals surface area contributed by atoms with Gasteiger partial charge in [-0.25, -0.2) is 4.98 Å². The summed E-state index contributed by atoms with van der Waals surface area (Å²) in [5.74, 6) is 3.61. The van der Waals surface area contributed by atoms with Crippen molar-refractivity contribution < 1.29 is 14.3 Å². The maximum atomic E-state index is 12.7. The summed E-state index contributed by atoms with van der Waals surface area (Å²) < 4.78 is 11.7. The molecule has 1 saturated heterocycles. The van der Waals surface area contributed by atoms with Crippen LogP contribution >= 0.6 is 0 Å². The topological polar surface area (TPSA) is 66.9 Å². The van der Waals surface area contributed by atoms with E-state index in [0.29, 0.717) is 5.56 Å². The normalized spacial score (nSPS) is 22.3. The number of rotatable bonds is 7. The number of aromatic nitrogens is 1. The van der Waals surface area contributed by atoms with E-state index in [-0.39, 0.29) is 17.6 Å². The van der Waals surface area contributed by atoms with Crippen LogP contribution < -0.4 is 19.7 Å². The lowest BCUT2D eigenvalue weighted by Crippen LogP contribution is -2.47. The van der Waals surface area contributed by atoms with Gasteiger partial charge in [-0.05, 0) is 95.7 Å². The number of carbonyl (C=O) groups excluding carboxylic acids is 1. The van der Waals surface area contributed by atoms with Crippen molar-refractivity contribution in [1.82, 2.24) is 15.2 Å². The molecule has 200 valence electrons. The van der Waals surface area contributed by atoms with E-state index < -0.39 is 0 Å². The fraction of sp³-hybridized carbons (Fsp3) is 0.600. The minimum Gasteiger partial charge on any atom is -0.489 e. The molecule has 1 aromatic heterocycles.